The number of hydrogen-bond acceptors (Lipinski definition) is 4. The largest absolute Gasteiger partial charge is 0.496 e. The molecule has 7 heteroatoms. The number of hydrogen-bond donors (Lipinski definition) is 2. The van der Waals surface area contributed by atoms with Crippen LogP contribution in [0.3, 0.4) is 0 Å². The molecule has 2 amide bonds. The third kappa shape index (κ3) is 6.42. The van der Waals surface area contributed by atoms with E-state index in [4.69, 9.17) is 4.74 Å². The van der Waals surface area contributed by atoms with Crippen LogP contribution in [-0.2, 0) is 4.79 Å². The van der Waals surface area contributed by atoms with Gasteiger partial charge in [0.05, 0.1) is 18.4 Å². The quantitative estimate of drug-likeness (QED) is 0.566. The van der Waals surface area contributed by atoms with Crippen LogP contribution in [0.15, 0.2) is 12.1 Å². The molecular weight excluding hydrogens is 445 g/mol. The van der Waals surface area contributed by atoms with Gasteiger partial charge < -0.3 is 20.3 Å². The highest BCUT2D eigenvalue weighted by Gasteiger charge is 2.23. The van der Waals surface area contributed by atoms with Crippen molar-refractivity contribution in [3.05, 3.63) is 21.3 Å². The first kappa shape index (κ1) is 22.7. The lowest BCUT2D eigenvalue weighted by Crippen LogP contribution is -2.35. The molecule has 0 fully saturated rings. The van der Waals surface area contributed by atoms with Gasteiger partial charge in [0.2, 0.25) is 5.91 Å². The van der Waals surface area contributed by atoms with E-state index in [0.717, 1.165) is 23.2 Å². The van der Waals surface area contributed by atoms with Gasteiger partial charge in [0.15, 0.2) is 0 Å². The Morgan fingerprint density at radius 3 is 2.31 bits per heavy atom. The summed E-state index contributed by atoms with van der Waals surface area (Å²) in [6, 6.07) is 3.44. The lowest BCUT2D eigenvalue weighted by molar-refractivity contribution is -0.123. The van der Waals surface area contributed by atoms with Crippen molar-refractivity contribution in [2.24, 2.45) is 5.41 Å². The van der Waals surface area contributed by atoms with Crippen molar-refractivity contribution in [2.75, 3.05) is 38.6 Å². The zero-order valence-electron chi connectivity index (χ0n) is 16.5. The molecule has 0 aliphatic heterocycles. The van der Waals surface area contributed by atoms with Gasteiger partial charge in [0, 0.05) is 28.1 Å². The van der Waals surface area contributed by atoms with E-state index < -0.39 is 5.41 Å². The zero-order valence-corrected chi connectivity index (χ0v) is 18.7. The molecule has 0 spiro atoms. The van der Waals surface area contributed by atoms with Crippen molar-refractivity contribution in [1.82, 2.24) is 10.2 Å². The molecule has 0 saturated heterocycles. The molecule has 1 rings (SSSR count). The van der Waals surface area contributed by atoms with Crippen LogP contribution in [0, 0.1) is 8.99 Å². The van der Waals surface area contributed by atoms with E-state index in [0.29, 0.717) is 23.5 Å². The smallest absolute Gasteiger partial charge is 0.255 e. The predicted octanol–water partition coefficient (Wildman–Crippen LogP) is 3.36. The fraction of sp³-hybridized carbons (Fsp3) is 0.579. The van der Waals surface area contributed by atoms with E-state index in [9.17, 15) is 9.59 Å². The number of halogens is 1. The van der Waals surface area contributed by atoms with E-state index in [1.807, 2.05) is 20.8 Å². The number of methoxy groups -OCH3 is 1. The molecule has 1 aromatic rings. The first-order valence-corrected chi connectivity index (χ1v) is 9.91. The fourth-order valence-electron chi connectivity index (χ4n) is 2.27. The van der Waals surface area contributed by atoms with Crippen molar-refractivity contribution in [1.29, 1.82) is 0 Å². The summed E-state index contributed by atoms with van der Waals surface area (Å²) >= 11 is 2.12. The minimum atomic E-state index is -0.503. The summed E-state index contributed by atoms with van der Waals surface area (Å²) in [5.41, 5.74) is 0.601. The number of anilines is 1. The Morgan fingerprint density at radius 1 is 1.19 bits per heavy atom. The van der Waals surface area contributed by atoms with Crippen molar-refractivity contribution >= 4 is 40.1 Å². The van der Waals surface area contributed by atoms with Crippen LogP contribution in [0.2, 0.25) is 0 Å². The summed E-state index contributed by atoms with van der Waals surface area (Å²) in [5.74, 6) is 0.171. The molecule has 0 aliphatic rings. The van der Waals surface area contributed by atoms with Gasteiger partial charge in [-0.05, 0) is 41.7 Å². The van der Waals surface area contributed by atoms with Gasteiger partial charge in [0.25, 0.3) is 5.91 Å². The number of amides is 2. The highest BCUT2D eigenvalue weighted by atomic mass is 127. The maximum absolute atomic E-state index is 12.5. The molecule has 0 heterocycles. The minimum absolute atomic E-state index is 0.0890. The van der Waals surface area contributed by atoms with Crippen LogP contribution in [0.4, 0.5) is 5.69 Å². The number of rotatable bonds is 8. The van der Waals surface area contributed by atoms with Gasteiger partial charge in [0.1, 0.15) is 5.75 Å². The number of nitrogens with one attached hydrogen (secondary N) is 2. The van der Waals surface area contributed by atoms with Gasteiger partial charge in [-0.25, -0.2) is 0 Å². The number of carbonyl (C=O) groups excluding carboxylic acids is 2. The van der Waals surface area contributed by atoms with E-state index in [1.54, 1.807) is 12.1 Å². The molecule has 1 aromatic carbocycles. The van der Waals surface area contributed by atoms with Gasteiger partial charge in [-0.1, -0.05) is 34.6 Å². The second kappa shape index (κ2) is 10.1. The average Bonchev–Trinajstić information content (AvgIpc) is 2.59. The van der Waals surface area contributed by atoms with Crippen molar-refractivity contribution in [3.8, 4) is 5.75 Å². The van der Waals surface area contributed by atoms with E-state index in [2.05, 4.69) is 52.0 Å². The van der Waals surface area contributed by atoms with Gasteiger partial charge in [-0.2, -0.15) is 0 Å². The Balaban J connectivity index is 2.91. The van der Waals surface area contributed by atoms with Crippen LogP contribution in [0.25, 0.3) is 0 Å². The molecule has 6 nitrogen and oxygen atoms in total. The van der Waals surface area contributed by atoms with Crippen LogP contribution in [0.5, 0.6) is 5.75 Å². The first-order chi connectivity index (χ1) is 12.1. The molecule has 0 bridgehead atoms. The maximum Gasteiger partial charge on any atom is 0.255 e. The Hall–Kier alpha value is -1.35. The second-order valence-electron chi connectivity index (χ2n) is 7.02. The molecular formula is C19H30IN3O3. The number of likely N-dealkylation sites (N-methyl/N-ethyl adjacent to an activating group) is 1. The highest BCUT2D eigenvalue weighted by molar-refractivity contribution is 14.1. The predicted molar refractivity (Wildman–Crippen MR) is 114 cm³/mol. The SMILES string of the molecule is CCN(CC)CCNC(=O)c1cc(I)c(NC(=O)C(C)(C)C)cc1OC. The normalized spacial score (nSPS) is 11.4. The molecule has 0 aromatic heterocycles. The van der Waals surface area contributed by atoms with Crippen LogP contribution < -0.4 is 15.4 Å². The molecule has 0 unspecified atom stereocenters. The van der Waals surface area contributed by atoms with Gasteiger partial charge >= 0.3 is 0 Å². The number of ether oxygens (including phenoxy) is 1. The Labute approximate surface area is 170 Å². The summed E-state index contributed by atoms with van der Waals surface area (Å²) in [5, 5.41) is 5.83. The lowest BCUT2D eigenvalue weighted by Gasteiger charge is -2.20. The van der Waals surface area contributed by atoms with Crippen LogP contribution in [0.1, 0.15) is 45.0 Å². The monoisotopic (exact) mass is 475 g/mol. The maximum atomic E-state index is 12.5. The topological polar surface area (TPSA) is 70.7 Å². The van der Waals surface area contributed by atoms with Crippen molar-refractivity contribution in [2.45, 2.75) is 34.6 Å². The summed E-state index contributed by atoms with van der Waals surface area (Å²) < 4.78 is 6.16. The summed E-state index contributed by atoms with van der Waals surface area (Å²) in [4.78, 5) is 27.0. The summed E-state index contributed by atoms with van der Waals surface area (Å²) in [7, 11) is 1.52. The minimum Gasteiger partial charge on any atom is -0.496 e. The molecule has 26 heavy (non-hydrogen) atoms. The van der Waals surface area contributed by atoms with Gasteiger partial charge in [-0.3, -0.25) is 9.59 Å². The number of nitrogens with zero attached hydrogens (tertiary/aromatic N) is 1. The summed E-state index contributed by atoms with van der Waals surface area (Å²) in [6.45, 7) is 13.0. The highest BCUT2D eigenvalue weighted by Crippen LogP contribution is 2.30. The molecule has 0 aliphatic carbocycles. The third-order valence-corrected chi connectivity index (χ3v) is 4.96. The van der Waals surface area contributed by atoms with Gasteiger partial charge in [-0.15, -0.1) is 0 Å². The molecule has 2 N–H and O–H groups in total. The number of carbonyl (C=O) groups is 2. The summed E-state index contributed by atoms with van der Waals surface area (Å²) in [6.07, 6.45) is 0. The first-order valence-electron chi connectivity index (χ1n) is 8.83. The zero-order chi connectivity index (χ0) is 19.9. The van der Waals surface area contributed by atoms with E-state index in [1.165, 1.54) is 7.11 Å². The standard InChI is InChI=1S/C19H30IN3O3/c1-7-23(8-2)10-9-21-17(24)13-11-14(20)15(12-16(13)26-6)22-18(25)19(3,4)5/h11-12H,7-10H2,1-6H3,(H,21,24)(H,22,25). The third-order valence-electron chi connectivity index (χ3n) is 4.07. The lowest BCUT2D eigenvalue weighted by atomic mass is 9.95. The van der Waals surface area contributed by atoms with E-state index in [-0.39, 0.29) is 11.8 Å². The molecule has 0 atom stereocenters. The molecule has 0 saturated carbocycles. The van der Waals surface area contributed by atoms with Crippen LogP contribution in [-0.4, -0.2) is 50.0 Å². The number of benzene rings is 1. The molecule has 146 valence electrons. The fourth-order valence-corrected chi connectivity index (χ4v) is 2.87. The molecule has 0 radical (unpaired) electrons. The van der Waals surface area contributed by atoms with Crippen molar-refractivity contribution in [3.63, 3.8) is 0 Å². The Kier molecular flexibility index (Phi) is 8.82. The Bertz CT molecular complexity index is 638. The van der Waals surface area contributed by atoms with Crippen LogP contribution >= 0.6 is 22.6 Å². The Morgan fingerprint density at radius 2 is 1.81 bits per heavy atom. The second-order valence-corrected chi connectivity index (χ2v) is 8.18. The van der Waals surface area contributed by atoms with E-state index >= 15 is 0 Å². The average molecular weight is 475 g/mol. The van der Waals surface area contributed by atoms with Crippen molar-refractivity contribution < 1.29 is 14.3 Å².